The van der Waals surface area contributed by atoms with Crippen molar-refractivity contribution in [2.24, 2.45) is 0 Å². The van der Waals surface area contributed by atoms with E-state index in [2.05, 4.69) is 10.6 Å². The quantitative estimate of drug-likeness (QED) is 0.658. The van der Waals surface area contributed by atoms with E-state index in [4.69, 9.17) is 9.15 Å². The summed E-state index contributed by atoms with van der Waals surface area (Å²) in [6.07, 6.45) is 0.821. The average Bonchev–Trinajstić information content (AvgIpc) is 3.04. The lowest BCUT2D eigenvalue weighted by atomic mass is 10.1. The lowest BCUT2D eigenvalue weighted by molar-refractivity contribution is 0.0940. The minimum atomic E-state index is -0.406. The number of furan rings is 1. The van der Waals surface area contributed by atoms with Gasteiger partial charge in [0.25, 0.3) is 11.8 Å². The molecule has 3 rings (SSSR count). The molecule has 6 heteroatoms. The number of ether oxygens (including phenoxy) is 1. The molecule has 28 heavy (non-hydrogen) atoms. The lowest BCUT2D eigenvalue weighted by Crippen LogP contribution is -2.32. The Morgan fingerprint density at radius 2 is 1.89 bits per heavy atom. The van der Waals surface area contributed by atoms with E-state index in [-0.39, 0.29) is 17.7 Å². The smallest absolute Gasteiger partial charge is 0.291 e. The Balaban J connectivity index is 1.89. The van der Waals surface area contributed by atoms with Crippen molar-refractivity contribution in [3.05, 3.63) is 59.4 Å². The standard InChI is InChI=1S/C22H24N2O4/c1-5-13(2)23-21(25)16-8-6-7-9-18(16)24-22(26)20-14(3)17-12-15(27-4)10-11-19(17)28-20/h6-13H,5H2,1-4H3,(H,23,25)(H,24,26)/t13-/m1/s1. The van der Waals surface area contributed by atoms with E-state index < -0.39 is 5.91 Å². The molecule has 0 saturated carbocycles. The zero-order chi connectivity index (χ0) is 20.3. The zero-order valence-corrected chi connectivity index (χ0v) is 16.5. The van der Waals surface area contributed by atoms with Crippen LogP contribution in [-0.2, 0) is 0 Å². The molecular formula is C22H24N2O4. The van der Waals surface area contributed by atoms with Gasteiger partial charge in [-0.3, -0.25) is 9.59 Å². The molecule has 0 bridgehead atoms. The first-order chi connectivity index (χ1) is 13.4. The molecule has 0 fully saturated rings. The predicted molar refractivity (Wildman–Crippen MR) is 109 cm³/mol. The van der Waals surface area contributed by atoms with Crippen molar-refractivity contribution < 1.29 is 18.7 Å². The van der Waals surface area contributed by atoms with Gasteiger partial charge in [0, 0.05) is 17.0 Å². The van der Waals surface area contributed by atoms with E-state index >= 15 is 0 Å². The van der Waals surface area contributed by atoms with Gasteiger partial charge in [-0.25, -0.2) is 0 Å². The number of amides is 2. The van der Waals surface area contributed by atoms with Crippen LogP contribution < -0.4 is 15.4 Å². The number of carbonyl (C=O) groups excluding carboxylic acids is 2. The topological polar surface area (TPSA) is 80.6 Å². The highest BCUT2D eigenvalue weighted by Crippen LogP contribution is 2.29. The third-order valence-corrected chi connectivity index (χ3v) is 4.76. The minimum Gasteiger partial charge on any atom is -0.497 e. The number of fused-ring (bicyclic) bond motifs is 1. The van der Waals surface area contributed by atoms with Crippen LogP contribution in [0.15, 0.2) is 46.9 Å². The molecular weight excluding hydrogens is 356 g/mol. The van der Waals surface area contributed by atoms with Crippen molar-refractivity contribution in [1.29, 1.82) is 0 Å². The third-order valence-electron chi connectivity index (χ3n) is 4.76. The summed E-state index contributed by atoms with van der Waals surface area (Å²) in [6, 6.07) is 12.3. The van der Waals surface area contributed by atoms with Crippen LogP contribution in [-0.4, -0.2) is 25.0 Å². The van der Waals surface area contributed by atoms with Gasteiger partial charge in [-0.2, -0.15) is 0 Å². The van der Waals surface area contributed by atoms with Gasteiger partial charge < -0.3 is 19.8 Å². The molecule has 0 saturated heterocycles. The van der Waals surface area contributed by atoms with Crippen LogP contribution in [0.2, 0.25) is 0 Å². The first kappa shape index (κ1) is 19.5. The monoisotopic (exact) mass is 380 g/mol. The maximum atomic E-state index is 12.8. The van der Waals surface area contributed by atoms with Gasteiger partial charge in [0.1, 0.15) is 11.3 Å². The van der Waals surface area contributed by atoms with Gasteiger partial charge in [-0.05, 0) is 50.6 Å². The number of carbonyl (C=O) groups is 2. The number of nitrogens with one attached hydrogen (secondary N) is 2. The normalized spacial score (nSPS) is 11.9. The summed E-state index contributed by atoms with van der Waals surface area (Å²) < 4.78 is 11.0. The minimum absolute atomic E-state index is 0.0452. The van der Waals surface area contributed by atoms with Crippen LogP contribution in [0.1, 0.15) is 46.7 Å². The summed E-state index contributed by atoms with van der Waals surface area (Å²) in [5.41, 5.74) is 2.16. The summed E-state index contributed by atoms with van der Waals surface area (Å²) >= 11 is 0. The Morgan fingerprint density at radius 3 is 2.61 bits per heavy atom. The molecule has 1 atom stereocenters. The number of rotatable bonds is 6. The van der Waals surface area contributed by atoms with Crippen molar-refractivity contribution in [2.45, 2.75) is 33.2 Å². The molecule has 0 aliphatic rings. The van der Waals surface area contributed by atoms with Gasteiger partial charge in [0.05, 0.1) is 18.4 Å². The van der Waals surface area contributed by atoms with E-state index in [1.807, 2.05) is 26.8 Å². The van der Waals surface area contributed by atoms with Crippen molar-refractivity contribution in [3.8, 4) is 5.75 Å². The van der Waals surface area contributed by atoms with Crippen LogP contribution >= 0.6 is 0 Å². The average molecular weight is 380 g/mol. The molecule has 3 aromatic rings. The van der Waals surface area contributed by atoms with E-state index in [0.29, 0.717) is 28.1 Å². The molecule has 0 aliphatic carbocycles. The second-order valence-electron chi connectivity index (χ2n) is 6.70. The number of hydrogen-bond donors (Lipinski definition) is 2. The molecule has 0 radical (unpaired) electrons. The number of aryl methyl sites for hydroxylation is 1. The van der Waals surface area contributed by atoms with Gasteiger partial charge in [0.2, 0.25) is 0 Å². The SMILES string of the molecule is CC[C@@H](C)NC(=O)c1ccccc1NC(=O)c1oc2ccc(OC)cc2c1C. The summed E-state index contributed by atoms with van der Waals surface area (Å²) in [5, 5.41) is 6.53. The van der Waals surface area contributed by atoms with E-state index in [1.165, 1.54) is 0 Å². The summed E-state index contributed by atoms with van der Waals surface area (Å²) in [7, 11) is 1.59. The van der Waals surface area contributed by atoms with Crippen LogP contribution in [0.4, 0.5) is 5.69 Å². The highest BCUT2D eigenvalue weighted by Gasteiger charge is 2.20. The van der Waals surface area contributed by atoms with Crippen molar-refractivity contribution in [2.75, 3.05) is 12.4 Å². The number of anilines is 1. The molecule has 2 N–H and O–H groups in total. The fraction of sp³-hybridized carbons (Fsp3) is 0.273. The molecule has 146 valence electrons. The molecule has 0 aliphatic heterocycles. The van der Waals surface area contributed by atoms with Crippen molar-refractivity contribution in [3.63, 3.8) is 0 Å². The maximum Gasteiger partial charge on any atom is 0.291 e. The van der Waals surface area contributed by atoms with Crippen LogP contribution in [0.5, 0.6) is 5.75 Å². The highest BCUT2D eigenvalue weighted by atomic mass is 16.5. The van der Waals surface area contributed by atoms with Gasteiger partial charge >= 0.3 is 0 Å². The Bertz CT molecular complexity index is 1020. The fourth-order valence-corrected chi connectivity index (χ4v) is 2.92. The van der Waals surface area contributed by atoms with Gasteiger partial charge in [-0.1, -0.05) is 19.1 Å². The molecule has 1 heterocycles. The Hall–Kier alpha value is -3.28. The largest absolute Gasteiger partial charge is 0.497 e. The molecule has 2 amide bonds. The van der Waals surface area contributed by atoms with Crippen molar-refractivity contribution in [1.82, 2.24) is 5.32 Å². The summed E-state index contributed by atoms with van der Waals surface area (Å²) in [5.74, 6) is 0.267. The number of hydrogen-bond acceptors (Lipinski definition) is 4. The molecule has 1 aromatic heterocycles. The zero-order valence-electron chi connectivity index (χ0n) is 16.5. The highest BCUT2D eigenvalue weighted by molar-refractivity contribution is 6.10. The van der Waals surface area contributed by atoms with Crippen LogP contribution in [0.3, 0.4) is 0 Å². The summed E-state index contributed by atoms with van der Waals surface area (Å²) in [6.45, 7) is 5.75. The first-order valence-corrected chi connectivity index (χ1v) is 9.23. The van der Waals surface area contributed by atoms with E-state index in [1.54, 1.807) is 43.5 Å². The first-order valence-electron chi connectivity index (χ1n) is 9.23. The Kier molecular flexibility index (Phi) is 5.68. The van der Waals surface area contributed by atoms with E-state index in [9.17, 15) is 9.59 Å². The van der Waals surface area contributed by atoms with Crippen LogP contribution in [0, 0.1) is 6.92 Å². The number of para-hydroxylation sites is 1. The Morgan fingerprint density at radius 1 is 1.14 bits per heavy atom. The second-order valence-corrected chi connectivity index (χ2v) is 6.70. The lowest BCUT2D eigenvalue weighted by Gasteiger charge is -2.14. The molecule has 0 unspecified atom stereocenters. The fourth-order valence-electron chi connectivity index (χ4n) is 2.92. The predicted octanol–water partition coefficient (Wildman–Crippen LogP) is 4.53. The van der Waals surface area contributed by atoms with Crippen LogP contribution in [0.25, 0.3) is 11.0 Å². The number of methoxy groups -OCH3 is 1. The number of benzene rings is 2. The van der Waals surface area contributed by atoms with Crippen molar-refractivity contribution >= 4 is 28.5 Å². The van der Waals surface area contributed by atoms with Gasteiger partial charge in [0.15, 0.2) is 5.76 Å². The van der Waals surface area contributed by atoms with E-state index in [0.717, 1.165) is 11.8 Å². The molecule has 0 spiro atoms. The van der Waals surface area contributed by atoms with Gasteiger partial charge in [-0.15, -0.1) is 0 Å². The molecule has 2 aromatic carbocycles. The molecule has 6 nitrogen and oxygen atoms in total. The third kappa shape index (κ3) is 3.86. The maximum absolute atomic E-state index is 12.8. The Labute approximate surface area is 163 Å². The summed E-state index contributed by atoms with van der Waals surface area (Å²) in [4.78, 5) is 25.4. The second kappa shape index (κ2) is 8.17.